The molecule has 0 radical (unpaired) electrons. The van der Waals surface area contributed by atoms with Crippen LogP contribution in [0.4, 0.5) is 5.69 Å². The van der Waals surface area contributed by atoms with Gasteiger partial charge < -0.3 is 10.2 Å². The Labute approximate surface area is 159 Å². The number of carbonyl (C=O) groups excluding carboxylic acids is 2. The van der Waals surface area contributed by atoms with E-state index in [0.717, 1.165) is 11.1 Å². The molecule has 2 aromatic rings. The Morgan fingerprint density at radius 1 is 0.963 bits per heavy atom. The van der Waals surface area contributed by atoms with Crippen LogP contribution in [-0.4, -0.2) is 45.8 Å². The quantitative estimate of drug-likeness (QED) is 0.789. The molecule has 0 aliphatic rings. The molecule has 2 amide bonds. The Morgan fingerprint density at radius 3 is 2.15 bits per heavy atom. The van der Waals surface area contributed by atoms with Gasteiger partial charge in [0.05, 0.1) is 11.4 Å². The minimum atomic E-state index is -3.76. The van der Waals surface area contributed by atoms with Crippen LogP contribution in [0.2, 0.25) is 0 Å². The lowest BCUT2D eigenvalue weighted by Crippen LogP contribution is -2.36. The van der Waals surface area contributed by atoms with E-state index in [0.29, 0.717) is 5.69 Å². The highest BCUT2D eigenvalue weighted by molar-refractivity contribution is 7.92. The van der Waals surface area contributed by atoms with Gasteiger partial charge in [-0.25, -0.2) is 8.42 Å². The van der Waals surface area contributed by atoms with Crippen LogP contribution < -0.4 is 10.0 Å². The second-order valence-corrected chi connectivity index (χ2v) is 8.08. The van der Waals surface area contributed by atoms with Crippen molar-refractivity contribution >= 4 is 27.5 Å². The van der Waals surface area contributed by atoms with Crippen LogP contribution in [0.25, 0.3) is 0 Å². The van der Waals surface area contributed by atoms with E-state index in [4.69, 9.17) is 0 Å². The summed E-state index contributed by atoms with van der Waals surface area (Å²) in [4.78, 5) is 25.0. The van der Waals surface area contributed by atoms with Crippen molar-refractivity contribution in [3.63, 3.8) is 0 Å². The SMILES string of the molecule is Cc1ccc(NS(=O)(=O)c2ccc(C(=O)NCC(=O)N(C)C)cc2)cc1C. The van der Waals surface area contributed by atoms with Crippen LogP contribution in [0.1, 0.15) is 21.5 Å². The van der Waals surface area contributed by atoms with Gasteiger partial charge in [0.25, 0.3) is 15.9 Å². The van der Waals surface area contributed by atoms with Crippen molar-refractivity contribution in [1.82, 2.24) is 10.2 Å². The number of aryl methyl sites for hydroxylation is 2. The molecule has 0 unspecified atom stereocenters. The molecular weight excluding hydrogens is 366 g/mol. The van der Waals surface area contributed by atoms with Gasteiger partial charge >= 0.3 is 0 Å². The summed E-state index contributed by atoms with van der Waals surface area (Å²) in [6.45, 7) is 3.73. The maximum absolute atomic E-state index is 12.5. The van der Waals surface area contributed by atoms with Gasteiger partial charge in [0.1, 0.15) is 0 Å². The maximum Gasteiger partial charge on any atom is 0.261 e. The van der Waals surface area contributed by atoms with Crippen LogP contribution in [0, 0.1) is 13.8 Å². The lowest BCUT2D eigenvalue weighted by Gasteiger charge is -2.12. The molecule has 0 atom stereocenters. The van der Waals surface area contributed by atoms with Crippen molar-refractivity contribution in [2.45, 2.75) is 18.7 Å². The van der Waals surface area contributed by atoms with Crippen molar-refractivity contribution < 1.29 is 18.0 Å². The van der Waals surface area contributed by atoms with E-state index >= 15 is 0 Å². The first-order valence-corrected chi connectivity index (χ1v) is 9.77. The minimum Gasteiger partial charge on any atom is -0.347 e. The second-order valence-electron chi connectivity index (χ2n) is 6.40. The molecule has 8 heteroatoms. The summed E-state index contributed by atoms with van der Waals surface area (Å²) in [6.07, 6.45) is 0. The van der Waals surface area contributed by atoms with E-state index < -0.39 is 15.9 Å². The topological polar surface area (TPSA) is 95.6 Å². The van der Waals surface area contributed by atoms with Gasteiger partial charge in [0.15, 0.2) is 0 Å². The fourth-order valence-corrected chi connectivity index (χ4v) is 3.27. The third-order valence-electron chi connectivity index (χ3n) is 4.08. The number of hydrogen-bond acceptors (Lipinski definition) is 4. The number of nitrogens with one attached hydrogen (secondary N) is 2. The average molecular weight is 389 g/mol. The zero-order valence-corrected chi connectivity index (χ0v) is 16.6. The summed E-state index contributed by atoms with van der Waals surface area (Å²) in [5.74, 6) is -0.684. The molecule has 0 heterocycles. The molecule has 7 nitrogen and oxygen atoms in total. The maximum atomic E-state index is 12.5. The molecule has 0 spiro atoms. The normalized spacial score (nSPS) is 11.0. The Balaban J connectivity index is 2.09. The van der Waals surface area contributed by atoms with Crippen molar-refractivity contribution in [2.75, 3.05) is 25.4 Å². The molecule has 0 fully saturated rings. The number of anilines is 1. The number of carbonyl (C=O) groups is 2. The van der Waals surface area contributed by atoms with Gasteiger partial charge in [0.2, 0.25) is 5.91 Å². The summed E-state index contributed by atoms with van der Waals surface area (Å²) in [7, 11) is -0.577. The lowest BCUT2D eigenvalue weighted by atomic mass is 10.1. The molecule has 2 rings (SSSR count). The molecular formula is C19H23N3O4S. The number of likely N-dealkylation sites (N-methyl/N-ethyl adjacent to an activating group) is 1. The number of amides is 2. The number of sulfonamides is 1. The lowest BCUT2D eigenvalue weighted by molar-refractivity contribution is -0.127. The Kier molecular flexibility index (Phi) is 6.22. The predicted molar refractivity (Wildman–Crippen MR) is 104 cm³/mol. The summed E-state index contributed by atoms with van der Waals surface area (Å²) in [6, 6.07) is 10.8. The fourth-order valence-electron chi connectivity index (χ4n) is 2.22. The zero-order chi connectivity index (χ0) is 20.2. The molecule has 0 aliphatic carbocycles. The highest BCUT2D eigenvalue weighted by Crippen LogP contribution is 2.19. The van der Waals surface area contributed by atoms with Crippen molar-refractivity contribution in [3.05, 3.63) is 59.2 Å². The molecule has 0 bridgehead atoms. The van der Waals surface area contributed by atoms with Gasteiger partial charge in [-0.3, -0.25) is 14.3 Å². The third kappa shape index (κ3) is 5.30. The fraction of sp³-hybridized carbons (Fsp3) is 0.263. The predicted octanol–water partition coefficient (Wildman–Crippen LogP) is 1.92. The van der Waals surface area contributed by atoms with Gasteiger partial charge in [0, 0.05) is 25.3 Å². The van der Waals surface area contributed by atoms with Crippen LogP contribution in [-0.2, 0) is 14.8 Å². The molecule has 0 aromatic heterocycles. The molecule has 2 N–H and O–H groups in total. The van der Waals surface area contributed by atoms with E-state index in [1.54, 1.807) is 26.2 Å². The molecule has 0 saturated carbocycles. The minimum absolute atomic E-state index is 0.0432. The number of rotatable bonds is 6. The van der Waals surface area contributed by atoms with Gasteiger partial charge in [-0.15, -0.1) is 0 Å². The van der Waals surface area contributed by atoms with Crippen molar-refractivity contribution in [3.8, 4) is 0 Å². The van der Waals surface area contributed by atoms with E-state index in [2.05, 4.69) is 10.0 Å². The summed E-state index contributed by atoms with van der Waals surface area (Å²) >= 11 is 0. The van der Waals surface area contributed by atoms with Crippen LogP contribution >= 0.6 is 0 Å². The number of benzene rings is 2. The first-order chi connectivity index (χ1) is 12.6. The number of nitrogens with zero attached hydrogens (tertiary/aromatic N) is 1. The monoisotopic (exact) mass is 389 g/mol. The smallest absolute Gasteiger partial charge is 0.261 e. The number of hydrogen-bond donors (Lipinski definition) is 2. The van der Waals surface area contributed by atoms with E-state index in [-0.39, 0.29) is 22.9 Å². The third-order valence-corrected chi connectivity index (χ3v) is 5.48. The van der Waals surface area contributed by atoms with Gasteiger partial charge in [-0.2, -0.15) is 0 Å². The van der Waals surface area contributed by atoms with E-state index in [9.17, 15) is 18.0 Å². The van der Waals surface area contributed by atoms with Crippen LogP contribution in [0.3, 0.4) is 0 Å². The molecule has 0 aliphatic heterocycles. The van der Waals surface area contributed by atoms with Gasteiger partial charge in [-0.1, -0.05) is 6.07 Å². The summed E-state index contributed by atoms with van der Waals surface area (Å²) in [5.41, 5.74) is 2.80. The average Bonchev–Trinajstić information content (AvgIpc) is 2.62. The summed E-state index contributed by atoms with van der Waals surface area (Å²) in [5, 5.41) is 2.49. The Hall–Kier alpha value is -2.87. The largest absolute Gasteiger partial charge is 0.347 e. The van der Waals surface area contributed by atoms with E-state index in [1.807, 2.05) is 19.9 Å². The standard InChI is InChI=1S/C19H23N3O4S/c1-13-5-8-16(11-14(13)2)21-27(25,26)17-9-6-15(7-10-17)19(24)20-12-18(23)22(3)4/h5-11,21H,12H2,1-4H3,(H,20,24). The molecule has 144 valence electrons. The van der Waals surface area contributed by atoms with E-state index in [1.165, 1.54) is 29.2 Å². The Morgan fingerprint density at radius 2 is 1.59 bits per heavy atom. The first kappa shape index (κ1) is 20.4. The highest BCUT2D eigenvalue weighted by Gasteiger charge is 2.16. The molecule has 2 aromatic carbocycles. The summed E-state index contributed by atoms with van der Waals surface area (Å²) < 4.78 is 27.5. The molecule has 27 heavy (non-hydrogen) atoms. The van der Waals surface area contributed by atoms with Crippen LogP contribution in [0.5, 0.6) is 0 Å². The van der Waals surface area contributed by atoms with Crippen LogP contribution in [0.15, 0.2) is 47.4 Å². The first-order valence-electron chi connectivity index (χ1n) is 8.28. The van der Waals surface area contributed by atoms with Crippen molar-refractivity contribution in [1.29, 1.82) is 0 Å². The second kappa shape index (κ2) is 8.22. The highest BCUT2D eigenvalue weighted by atomic mass is 32.2. The Bertz CT molecular complexity index is 951. The van der Waals surface area contributed by atoms with Crippen molar-refractivity contribution in [2.24, 2.45) is 0 Å². The van der Waals surface area contributed by atoms with Gasteiger partial charge in [-0.05, 0) is 61.4 Å². The molecule has 0 saturated heterocycles. The zero-order valence-electron chi connectivity index (χ0n) is 15.7.